The number of carbonyl (C=O) groups excluding carboxylic acids is 1. The van der Waals surface area contributed by atoms with E-state index in [0.717, 1.165) is 0 Å². The Hall–Kier alpha value is -1.45. The van der Waals surface area contributed by atoms with Crippen molar-refractivity contribution in [3.8, 4) is 0 Å². The molecule has 0 bridgehead atoms. The summed E-state index contributed by atoms with van der Waals surface area (Å²) in [5, 5.41) is 7.51. The van der Waals surface area contributed by atoms with Crippen molar-refractivity contribution in [3.63, 3.8) is 0 Å². The Bertz CT molecular complexity index is 296. The van der Waals surface area contributed by atoms with Gasteiger partial charge in [-0.05, 0) is 19.9 Å². The van der Waals surface area contributed by atoms with Gasteiger partial charge >= 0.3 is 0 Å². The first-order chi connectivity index (χ1) is 5.11. The van der Waals surface area contributed by atoms with Gasteiger partial charge in [-0.1, -0.05) is 0 Å². The molecule has 0 atom stereocenters. The van der Waals surface area contributed by atoms with Crippen LogP contribution >= 0.6 is 0 Å². The van der Waals surface area contributed by atoms with E-state index in [-0.39, 0.29) is 0 Å². The van der Waals surface area contributed by atoms with E-state index in [4.69, 9.17) is 5.73 Å². The monoisotopic (exact) mass is 151 g/mol. The third-order valence-corrected chi connectivity index (χ3v) is 1.37. The van der Waals surface area contributed by atoms with E-state index in [1.54, 1.807) is 19.9 Å². The number of amides is 1. The molecule has 0 aliphatic heterocycles. The lowest BCUT2D eigenvalue weighted by molar-refractivity contribution is 0.0999. The first-order valence-corrected chi connectivity index (χ1v) is 3.22. The molecule has 0 saturated carbocycles. The van der Waals surface area contributed by atoms with Gasteiger partial charge in [0.2, 0.25) is 0 Å². The van der Waals surface area contributed by atoms with Crippen molar-refractivity contribution in [2.75, 3.05) is 0 Å². The second-order valence-electron chi connectivity index (χ2n) is 2.35. The summed E-state index contributed by atoms with van der Waals surface area (Å²) in [5.74, 6) is -0.458. The number of rotatable bonds is 1. The fraction of sp³-hybridized carbons (Fsp3) is 0.286. The van der Waals surface area contributed by atoms with Crippen molar-refractivity contribution in [2.24, 2.45) is 5.73 Å². The minimum Gasteiger partial charge on any atom is -0.366 e. The van der Waals surface area contributed by atoms with Crippen molar-refractivity contribution >= 4 is 5.91 Å². The lowest BCUT2D eigenvalue weighted by Gasteiger charge is -1.98. The Morgan fingerprint density at radius 1 is 1.45 bits per heavy atom. The van der Waals surface area contributed by atoms with Gasteiger partial charge in [0.25, 0.3) is 5.91 Å². The number of aromatic nitrogens is 2. The van der Waals surface area contributed by atoms with Crippen molar-refractivity contribution in [2.45, 2.75) is 13.8 Å². The van der Waals surface area contributed by atoms with Gasteiger partial charge < -0.3 is 5.73 Å². The molecule has 1 aromatic rings. The first-order valence-electron chi connectivity index (χ1n) is 3.22. The lowest BCUT2D eigenvalue weighted by atomic mass is 10.2. The van der Waals surface area contributed by atoms with Gasteiger partial charge in [-0.15, -0.1) is 0 Å². The van der Waals surface area contributed by atoms with Gasteiger partial charge in [0.05, 0.1) is 17.0 Å². The number of hydrogen-bond acceptors (Lipinski definition) is 3. The highest BCUT2D eigenvalue weighted by Crippen LogP contribution is 2.02. The molecule has 0 aliphatic rings. The topological polar surface area (TPSA) is 68.9 Å². The Balaban J connectivity index is 3.23. The third-order valence-electron chi connectivity index (χ3n) is 1.37. The van der Waals surface area contributed by atoms with Crippen molar-refractivity contribution in [1.82, 2.24) is 10.2 Å². The van der Waals surface area contributed by atoms with Crippen LogP contribution in [0.4, 0.5) is 0 Å². The number of nitrogens with two attached hydrogens (primary N) is 1. The normalized spacial score (nSPS) is 9.64. The summed E-state index contributed by atoms with van der Waals surface area (Å²) >= 11 is 0. The Morgan fingerprint density at radius 3 is 2.55 bits per heavy atom. The van der Waals surface area contributed by atoms with Crippen molar-refractivity contribution < 1.29 is 4.79 Å². The van der Waals surface area contributed by atoms with Crippen molar-refractivity contribution in [3.05, 3.63) is 23.0 Å². The second-order valence-corrected chi connectivity index (χ2v) is 2.35. The molecule has 4 nitrogen and oxygen atoms in total. The molecular formula is C7H9N3O. The van der Waals surface area contributed by atoms with Gasteiger partial charge in [-0.2, -0.15) is 10.2 Å². The summed E-state index contributed by atoms with van der Waals surface area (Å²) in [5.41, 5.74) is 6.79. The van der Waals surface area contributed by atoms with Gasteiger partial charge in [-0.25, -0.2) is 0 Å². The molecule has 1 amide bonds. The van der Waals surface area contributed by atoms with Crippen LogP contribution in [-0.4, -0.2) is 16.1 Å². The number of hydrogen-bond donors (Lipinski definition) is 1. The Kier molecular flexibility index (Phi) is 1.85. The zero-order valence-electron chi connectivity index (χ0n) is 6.46. The zero-order valence-corrected chi connectivity index (χ0v) is 6.46. The van der Waals surface area contributed by atoms with Crippen LogP contribution in [0.25, 0.3) is 0 Å². The lowest BCUT2D eigenvalue weighted by Crippen LogP contribution is -2.14. The van der Waals surface area contributed by atoms with Crippen LogP contribution in [0.15, 0.2) is 6.07 Å². The van der Waals surface area contributed by atoms with Crippen LogP contribution in [0.5, 0.6) is 0 Å². The van der Waals surface area contributed by atoms with Gasteiger partial charge in [0.15, 0.2) is 0 Å². The molecule has 1 heterocycles. The highest BCUT2D eigenvalue weighted by molar-refractivity contribution is 5.93. The fourth-order valence-corrected chi connectivity index (χ4v) is 0.799. The maximum Gasteiger partial charge on any atom is 0.250 e. The van der Waals surface area contributed by atoms with Crippen LogP contribution in [0, 0.1) is 13.8 Å². The van der Waals surface area contributed by atoms with Gasteiger partial charge in [0.1, 0.15) is 0 Å². The van der Waals surface area contributed by atoms with E-state index in [9.17, 15) is 4.79 Å². The molecule has 2 N–H and O–H groups in total. The second kappa shape index (κ2) is 2.65. The van der Waals surface area contributed by atoms with Gasteiger partial charge in [-0.3, -0.25) is 4.79 Å². The van der Waals surface area contributed by atoms with E-state index < -0.39 is 5.91 Å². The summed E-state index contributed by atoms with van der Waals surface area (Å²) < 4.78 is 0. The van der Waals surface area contributed by atoms with Crippen LogP contribution in [0.1, 0.15) is 21.7 Å². The molecule has 11 heavy (non-hydrogen) atoms. The predicted molar refractivity (Wildman–Crippen MR) is 40.0 cm³/mol. The number of nitrogens with zero attached hydrogens (tertiary/aromatic N) is 2. The summed E-state index contributed by atoms with van der Waals surface area (Å²) in [4.78, 5) is 10.7. The number of aryl methyl sites for hydroxylation is 2. The SMILES string of the molecule is Cc1cc(C(N)=O)c(C)nn1. The highest BCUT2D eigenvalue weighted by Gasteiger charge is 2.05. The van der Waals surface area contributed by atoms with E-state index in [1.165, 1.54) is 0 Å². The Morgan fingerprint density at radius 2 is 2.09 bits per heavy atom. The third kappa shape index (κ3) is 1.52. The zero-order chi connectivity index (χ0) is 8.43. The maximum atomic E-state index is 10.7. The molecule has 4 heteroatoms. The summed E-state index contributed by atoms with van der Waals surface area (Å²) in [6, 6.07) is 1.63. The summed E-state index contributed by atoms with van der Waals surface area (Å²) in [7, 11) is 0. The molecule has 0 unspecified atom stereocenters. The number of primary amides is 1. The standard InChI is InChI=1S/C7H9N3O/c1-4-3-6(7(8)11)5(2)10-9-4/h3H,1-2H3,(H2,8,11). The van der Waals surface area contributed by atoms with Crippen LogP contribution < -0.4 is 5.73 Å². The van der Waals surface area contributed by atoms with E-state index in [0.29, 0.717) is 17.0 Å². The van der Waals surface area contributed by atoms with E-state index in [2.05, 4.69) is 10.2 Å². The highest BCUT2D eigenvalue weighted by atomic mass is 16.1. The summed E-state index contributed by atoms with van der Waals surface area (Å²) in [6.45, 7) is 3.46. The van der Waals surface area contributed by atoms with E-state index in [1.807, 2.05) is 0 Å². The van der Waals surface area contributed by atoms with Crippen LogP contribution in [0.3, 0.4) is 0 Å². The molecule has 0 fully saturated rings. The van der Waals surface area contributed by atoms with E-state index >= 15 is 0 Å². The molecule has 0 aromatic carbocycles. The molecule has 0 saturated heterocycles. The maximum absolute atomic E-state index is 10.7. The van der Waals surface area contributed by atoms with Gasteiger partial charge in [0, 0.05) is 0 Å². The molecule has 0 radical (unpaired) electrons. The average molecular weight is 151 g/mol. The fourth-order valence-electron chi connectivity index (χ4n) is 0.799. The summed E-state index contributed by atoms with van der Waals surface area (Å²) in [6.07, 6.45) is 0. The molecular weight excluding hydrogens is 142 g/mol. The van der Waals surface area contributed by atoms with Crippen LogP contribution in [-0.2, 0) is 0 Å². The quantitative estimate of drug-likeness (QED) is 0.623. The molecule has 1 rings (SSSR count). The Labute approximate surface area is 64.4 Å². The minimum absolute atomic E-state index is 0.442. The smallest absolute Gasteiger partial charge is 0.250 e. The van der Waals surface area contributed by atoms with Crippen LogP contribution in [0.2, 0.25) is 0 Å². The molecule has 1 aromatic heterocycles. The molecule has 58 valence electrons. The van der Waals surface area contributed by atoms with Crippen molar-refractivity contribution in [1.29, 1.82) is 0 Å². The first kappa shape index (κ1) is 7.65. The minimum atomic E-state index is -0.458. The number of carbonyl (C=O) groups is 1. The molecule has 0 spiro atoms. The average Bonchev–Trinajstić information content (AvgIpc) is 1.94. The predicted octanol–water partition coefficient (Wildman–Crippen LogP) is 0.192. The largest absolute Gasteiger partial charge is 0.366 e. The molecule has 0 aliphatic carbocycles.